The Morgan fingerprint density at radius 1 is 0.438 bits per heavy atom. The van der Waals surface area contributed by atoms with Crippen molar-refractivity contribution in [3.8, 4) is 35.0 Å². The number of alkyl halides is 6. The lowest BCUT2D eigenvalue weighted by molar-refractivity contribution is -0.275. The van der Waals surface area contributed by atoms with Crippen molar-refractivity contribution in [1.29, 1.82) is 0 Å². The average molecular weight is 917 g/mol. The predicted molar refractivity (Wildman–Crippen MR) is 231 cm³/mol. The van der Waals surface area contributed by atoms with Gasteiger partial charge in [-0.15, -0.1) is 26.3 Å². The van der Waals surface area contributed by atoms with Gasteiger partial charge in [-0.25, -0.2) is 9.59 Å². The molecule has 0 saturated carbocycles. The molecule has 4 aromatic rings. The van der Waals surface area contributed by atoms with Gasteiger partial charge < -0.3 is 27.8 Å². The van der Waals surface area contributed by atoms with E-state index < -0.39 is 24.2 Å². The van der Waals surface area contributed by atoms with Crippen molar-refractivity contribution in [3.05, 3.63) is 69.6 Å². The lowest BCUT2D eigenvalue weighted by atomic mass is 10.0. The Labute approximate surface area is 371 Å². The van der Waals surface area contributed by atoms with E-state index in [0.717, 1.165) is 72.2 Å². The lowest BCUT2D eigenvalue weighted by Gasteiger charge is -2.08. The zero-order chi connectivity index (χ0) is 46.5. The van der Waals surface area contributed by atoms with E-state index in [1.54, 1.807) is 0 Å². The van der Waals surface area contributed by atoms with Crippen LogP contribution in [-0.2, 0) is 0 Å². The third-order valence-corrected chi connectivity index (χ3v) is 10.1. The molecule has 2 aromatic heterocycles. The zero-order valence-corrected chi connectivity index (χ0v) is 37.3. The van der Waals surface area contributed by atoms with Gasteiger partial charge in [0.2, 0.25) is 0 Å². The molecule has 0 aliphatic carbocycles. The maximum absolute atomic E-state index is 12.2. The molecule has 0 atom stereocenters. The molecule has 0 aliphatic heterocycles. The van der Waals surface area contributed by atoms with E-state index in [4.69, 9.17) is 18.3 Å². The fourth-order valence-corrected chi connectivity index (χ4v) is 6.75. The molecule has 0 unspecified atom stereocenters. The number of aromatic nitrogens is 4. The third-order valence-electron chi connectivity index (χ3n) is 10.1. The largest absolute Gasteiger partial charge is 0.573 e. The number of benzene rings is 2. The monoisotopic (exact) mass is 916 g/mol. The molecular weight excluding hydrogens is 851 g/mol. The molecule has 0 amide bonds. The van der Waals surface area contributed by atoms with Crippen molar-refractivity contribution < 1.29 is 54.1 Å². The van der Waals surface area contributed by atoms with E-state index >= 15 is 0 Å². The van der Waals surface area contributed by atoms with Crippen LogP contribution in [0.5, 0.6) is 23.7 Å². The minimum Gasteiger partial charge on any atom is -0.449 e. The van der Waals surface area contributed by atoms with E-state index in [-0.39, 0.29) is 35.0 Å². The molecule has 0 aliphatic rings. The highest BCUT2D eigenvalue weighted by Crippen LogP contribution is 2.25. The molecule has 2 heterocycles. The molecule has 0 N–H and O–H groups in total. The van der Waals surface area contributed by atoms with Crippen LogP contribution in [-0.4, -0.2) is 45.5 Å². The topological polar surface area (TPSA) is 133 Å². The van der Waals surface area contributed by atoms with Crippen molar-refractivity contribution >= 4 is 0 Å². The van der Waals surface area contributed by atoms with Crippen LogP contribution in [0.15, 0.2) is 67.0 Å². The first-order chi connectivity index (χ1) is 30.8. The predicted octanol–water partition coefficient (Wildman–Crippen LogP) is 13.6. The Kier molecular flexibility index (Phi) is 25.3. The van der Waals surface area contributed by atoms with Crippen molar-refractivity contribution in [2.24, 2.45) is 0 Å². The van der Waals surface area contributed by atoms with Gasteiger partial charge in [-0.3, -0.25) is 0 Å². The molecule has 0 radical (unpaired) electrons. The summed E-state index contributed by atoms with van der Waals surface area (Å²) >= 11 is 0. The molecule has 0 bridgehead atoms. The molecule has 360 valence electrons. The first-order valence-electron chi connectivity index (χ1n) is 23.0. The van der Waals surface area contributed by atoms with Crippen LogP contribution in [0.2, 0.25) is 0 Å². The van der Waals surface area contributed by atoms with Crippen molar-refractivity contribution in [1.82, 2.24) is 19.6 Å². The van der Waals surface area contributed by atoms with Gasteiger partial charge in [-0.2, -0.15) is 9.36 Å². The summed E-state index contributed by atoms with van der Waals surface area (Å²) in [5, 5.41) is 7.86. The van der Waals surface area contributed by atoms with E-state index in [0.29, 0.717) is 13.2 Å². The molecule has 0 saturated heterocycles. The van der Waals surface area contributed by atoms with Crippen LogP contribution in [0.3, 0.4) is 0 Å². The summed E-state index contributed by atoms with van der Waals surface area (Å²) in [7, 11) is 0. The van der Waals surface area contributed by atoms with Crippen LogP contribution in [0.1, 0.15) is 168 Å². The summed E-state index contributed by atoms with van der Waals surface area (Å²) in [6, 6.07) is 9.49. The minimum atomic E-state index is -4.78. The number of ether oxygens (including phenoxy) is 4. The van der Waals surface area contributed by atoms with Gasteiger partial charge in [0, 0.05) is 0 Å². The van der Waals surface area contributed by atoms with Gasteiger partial charge in [0.15, 0.2) is 0 Å². The summed E-state index contributed by atoms with van der Waals surface area (Å²) < 4.78 is 103. The smallest absolute Gasteiger partial charge is 0.449 e. The van der Waals surface area contributed by atoms with Gasteiger partial charge in [0.25, 0.3) is 0 Å². The number of halogens is 6. The summed E-state index contributed by atoms with van der Waals surface area (Å²) in [6.45, 7) is 5.23. The van der Waals surface area contributed by atoms with Gasteiger partial charge in [0.05, 0.1) is 24.6 Å². The molecule has 64 heavy (non-hydrogen) atoms. The molecule has 0 fully saturated rings. The minimum absolute atomic E-state index is 0.157. The quantitative estimate of drug-likeness (QED) is 0.0344. The second kappa shape index (κ2) is 30.3. The Balaban J connectivity index is 0.000000343. The van der Waals surface area contributed by atoms with E-state index in [1.165, 1.54) is 140 Å². The molecule has 2 aromatic carbocycles. The SMILES string of the molecule is CCCCCCCCCCCCCCCCOc1nn(-c2ccc(OC(F)(F)F)cc2)c(=O)o1.CCCCCCCCCCCCOc1nn(-c2ccc(OC(F)(F)F)cc2)c(=O)o1. The van der Waals surface area contributed by atoms with Gasteiger partial charge >= 0.3 is 36.4 Å². The molecule has 18 heteroatoms. The Morgan fingerprint density at radius 3 is 0.969 bits per heavy atom. The maximum atomic E-state index is 12.2. The number of unbranched alkanes of at least 4 members (excludes halogenated alkanes) is 22. The molecular formula is C46H66F6N4O8. The highest BCUT2D eigenvalue weighted by Gasteiger charge is 2.32. The van der Waals surface area contributed by atoms with Crippen LogP contribution in [0.4, 0.5) is 26.3 Å². The fourth-order valence-electron chi connectivity index (χ4n) is 6.75. The van der Waals surface area contributed by atoms with E-state index in [9.17, 15) is 35.9 Å². The van der Waals surface area contributed by atoms with Crippen LogP contribution in [0, 0.1) is 0 Å². The lowest BCUT2D eigenvalue weighted by Crippen LogP contribution is -2.17. The highest BCUT2D eigenvalue weighted by molar-refractivity contribution is 5.37. The molecule has 4 rings (SSSR count). The van der Waals surface area contributed by atoms with E-state index in [1.807, 2.05) is 0 Å². The van der Waals surface area contributed by atoms with Crippen molar-refractivity contribution in [2.75, 3.05) is 13.2 Å². The normalized spacial score (nSPS) is 11.6. The number of nitrogens with zero attached hydrogens (tertiary/aromatic N) is 4. The van der Waals surface area contributed by atoms with Gasteiger partial charge in [-0.1, -0.05) is 165 Å². The van der Waals surface area contributed by atoms with Crippen LogP contribution in [0.25, 0.3) is 11.4 Å². The number of rotatable bonds is 32. The van der Waals surface area contributed by atoms with Gasteiger partial charge in [-0.05, 0) is 61.4 Å². The molecule has 12 nitrogen and oxygen atoms in total. The second-order valence-corrected chi connectivity index (χ2v) is 15.6. The average Bonchev–Trinajstić information content (AvgIpc) is 3.81. The van der Waals surface area contributed by atoms with Gasteiger partial charge in [0.1, 0.15) is 11.5 Å². The summed E-state index contributed by atoms with van der Waals surface area (Å²) in [5.41, 5.74) is 0.488. The Hall–Kier alpha value is -4.90. The fraction of sp³-hybridized carbons (Fsp3) is 0.652. The maximum Gasteiger partial charge on any atom is 0.573 e. The number of hydrogen-bond acceptors (Lipinski definition) is 10. The standard InChI is InChI=1S/C25H37F3N2O4.C21H29F3N2O4/c1-2-3-4-5-6-7-8-9-10-11-12-13-14-15-20-32-23-29-30(24(31)33-23)21-16-18-22(19-17-21)34-25(26,27)28;1-2-3-4-5-6-7-8-9-10-11-16-28-19-25-26(20(27)29-19)17-12-14-18(15-13-17)30-21(22,23)24/h16-19H,2-15,20H2,1H3;12-15H,2-11,16H2,1H3. The second-order valence-electron chi connectivity index (χ2n) is 15.6. The Morgan fingerprint density at radius 2 is 0.703 bits per heavy atom. The summed E-state index contributed by atoms with van der Waals surface area (Å²) in [6.07, 6.45) is 19.8. The first kappa shape index (κ1) is 53.4. The van der Waals surface area contributed by atoms with Crippen LogP contribution >= 0.6 is 0 Å². The first-order valence-corrected chi connectivity index (χ1v) is 23.0. The van der Waals surface area contributed by atoms with Crippen molar-refractivity contribution in [2.45, 2.75) is 181 Å². The van der Waals surface area contributed by atoms with Crippen molar-refractivity contribution in [3.63, 3.8) is 0 Å². The molecule has 0 spiro atoms. The highest BCUT2D eigenvalue weighted by atomic mass is 19.4. The number of hydrogen-bond donors (Lipinski definition) is 0. The van der Waals surface area contributed by atoms with Crippen LogP contribution < -0.4 is 30.5 Å². The zero-order valence-electron chi connectivity index (χ0n) is 37.3. The Bertz CT molecular complexity index is 1910. The summed E-state index contributed by atoms with van der Waals surface area (Å²) in [4.78, 5) is 23.9. The van der Waals surface area contributed by atoms with E-state index in [2.05, 4.69) is 33.5 Å². The third kappa shape index (κ3) is 23.7. The summed E-state index contributed by atoms with van der Waals surface area (Å²) in [5.74, 6) is -2.33.